The van der Waals surface area contributed by atoms with Gasteiger partial charge in [0.05, 0.1) is 5.69 Å². The molecule has 102 valence electrons. The first-order valence-electron chi connectivity index (χ1n) is 7.08. The SMILES string of the molecule is CCCN(Cc1c(C)noc1C)CC1CCCN1. The van der Waals surface area contributed by atoms with Gasteiger partial charge in [0, 0.05) is 24.7 Å². The first kappa shape index (κ1) is 13.6. The molecule has 4 heteroatoms. The fourth-order valence-corrected chi connectivity index (χ4v) is 2.73. The number of aryl methyl sites for hydroxylation is 2. The summed E-state index contributed by atoms with van der Waals surface area (Å²) in [5.74, 6) is 0.966. The molecule has 1 saturated heterocycles. The van der Waals surface area contributed by atoms with E-state index in [1.54, 1.807) is 0 Å². The van der Waals surface area contributed by atoms with Gasteiger partial charge in [0.2, 0.25) is 0 Å². The molecule has 0 saturated carbocycles. The first-order valence-corrected chi connectivity index (χ1v) is 7.08. The quantitative estimate of drug-likeness (QED) is 0.842. The number of rotatable bonds is 6. The monoisotopic (exact) mass is 251 g/mol. The summed E-state index contributed by atoms with van der Waals surface area (Å²) in [7, 11) is 0. The van der Waals surface area contributed by atoms with E-state index in [-0.39, 0.29) is 0 Å². The summed E-state index contributed by atoms with van der Waals surface area (Å²) in [6.07, 6.45) is 3.81. The van der Waals surface area contributed by atoms with Gasteiger partial charge in [0.25, 0.3) is 0 Å². The van der Waals surface area contributed by atoms with Gasteiger partial charge >= 0.3 is 0 Å². The van der Waals surface area contributed by atoms with Crippen molar-refractivity contribution in [1.82, 2.24) is 15.4 Å². The lowest BCUT2D eigenvalue weighted by Gasteiger charge is -2.25. The van der Waals surface area contributed by atoms with Crippen molar-refractivity contribution in [2.24, 2.45) is 0 Å². The molecule has 1 atom stereocenters. The Labute approximate surface area is 110 Å². The molecule has 1 aliphatic heterocycles. The van der Waals surface area contributed by atoms with Gasteiger partial charge < -0.3 is 9.84 Å². The van der Waals surface area contributed by atoms with E-state index in [2.05, 4.69) is 22.3 Å². The number of nitrogens with zero attached hydrogens (tertiary/aromatic N) is 2. The predicted octanol–water partition coefficient (Wildman–Crippen LogP) is 2.26. The van der Waals surface area contributed by atoms with Gasteiger partial charge in [-0.3, -0.25) is 4.90 Å². The molecular formula is C14H25N3O. The normalized spacial score (nSPS) is 19.9. The first-order chi connectivity index (χ1) is 8.70. The fraction of sp³-hybridized carbons (Fsp3) is 0.786. The molecule has 1 aliphatic rings. The Bertz CT molecular complexity index is 350. The van der Waals surface area contributed by atoms with E-state index in [9.17, 15) is 0 Å². The summed E-state index contributed by atoms with van der Waals surface area (Å²) >= 11 is 0. The molecule has 0 radical (unpaired) electrons. The summed E-state index contributed by atoms with van der Waals surface area (Å²) in [5.41, 5.74) is 2.30. The molecule has 0 bridgehead atoms. The second-order valence-corrected chi connectivity index (χ2v) is 5.33. The molecule has 1 N–H and O–H groups in total. The highest BCUT2D eigenvalue weighted by Crippen LogP contribution is 2.16. The van der Waals surface area contributed by atoms with Crippen molar-refractivity contribution in [2.75, 3.05) is 19.6 Å². The van der Waals surface area contributed by atoms with Gasteiger partial charge in [-0.2, -0.15) is 0 Å². The van der Waals surface area contributed by atoms with Crippen LogP contribution in [0.4, 0.5) is 0 Å². The van der Waals surface area contributed by atoms with Crippen LogP contribution in [0.5, 0.6) is 0 Å². The minimum atomic E-state index is 0.664. The average molecular weight is 251 g/mol. The van der Waals surface area contributed by atoms with Crippen LogP contribution in [-0.2, 0) is 6.54 Å². The molecule has 2 heterocycles. The highest BCUT2D eigenvalue weighted by Gasteiger charge is 2.19. The Morgan fingerprint density at radius 3 is 2.83 bits per heavy atom. The van der Waals surface area contributed by atoms with E-state index < -0.39 is 0 Å². The highest BCUT2D eigenvalue weighted by molar-refractivity contribution is 5.20. The molecule has 1 fully saturated rings. The van der Waals surface area contributed by atoms with Crippen molar-refractivity contribution in [3.05, 3.63) is 17.0 Å². The van der Waals surface area contributed by atoms with Crippen LogP contribution in [0, 0.1) is 13.8 Å². The highest BCUT2D eigenvalue weighted by atomic mass is 16.5. The Morgan fingerprint density at radius 2 is 2.28 bits per heavy atom. The largest absolute Gasteiger partial charge is 0.361 e. The minimum absolute atomic E-state index is 0.664. The molecule has 0 amide bonds. The van der Waals surface area contributed by atoms with Crippen LogP contribution in [0.25, 0.3) is 0 Å². The summed E-state index contributed by atoms with van der Waals surface area (Å²) in [4.78, 5) is 2.52. The van der Waals surface area contributed by atoms with Crippen molar-refractivity contribution in [1.29, 1.82) is 0 Å². The van der Waals surface area contributed by atoms with Crippen molar-refractivity contribution >= 4 is 0 Å². The standard InChI is InChI=1S/C14H25N3O/c1-4-8-17(9-13-6-5-7-15-13)10-14-11(2)16-18-12(14)3/h13,15H,4-10H2,1-3H3. The molecule has 4 nitrogen and oxygen atoms in total. The Kier molecular flexibility index (Phi) is 4.78. The number of hydrogen-bond donors (Lipinski definition) is 1. The predicted molar refractivity (Wildman–Crippen MR) is 72.6 cm³/mol. The zero-order valence-electron chi connectivity index (χ0n) is 11.8. The Morgan fingerprint density at radius 1 is 1.44 bits per heavy atom. The van der Waals surface area contributed by atoms with Gasteiger partial charge in [-0.15, -0.1) is 0 Å². The van der Waals surface area contributed by atoms with Crippen LogP contribution in [0.2, 0.25) is 0 Å². The van der Waals surface area contributed by atoms with Crippen molar-refractivity contribution in [3.63, 3.8) is 0 Å². The van der Waals surface area contributed by atoms with Crippen molar-refractivity contribution in [3.8, 4) is 0 Å². The Hall–Kier alpha value is -0.870. The maximum Gasteiger partial charge on any atom is 0.138 e. The van der Waals surface area contributed by atoms with E-state index in [1.165, 1.54) is 31.4 Å². The third-order valence-electron chi connectivity index (χ3n) is 3.74. The minimum Gasteiger partial charge on any atom is -0.361 e. The van der Waals surface area contributed by atoms with E-state index in [4.69, 9.17) is 4.52 Å². The molecular weight excluding hydrogens is 226 g/mol. The second kappa shape index (κ2) is 6.34. The van der Waals surface area contributed by atoms with E-state index >= 15 is 0 Å². The zero-order valence-corrected chi connectivity index (χ0v) is 11.8. The smallest absolute Gasteiger partial charge is 0.138 e. The van der Waals surface area contributed by atoms with Gasteiger partial charge in [-0.1, -0.05) is 12.1 Å². The number of nitrogens with one attached hydrogen (secondary N) is 1. The van der Waals surface area contributed by atoms with Crippen LogP contribution >= 0.6 is 0 Å². The topological polar surface area (TPSA) is 41.3 Å². The van der Waals surface area contributed by atoms with Crippen molar-refractivity contribution < 1.29 is 4.52 Å². The average Bonchev–Trinajstić information content (AvgIpc) is 2.94. The van der Waals surface area contributed by atoms with Crippen LogP contribution < -0.4 is 5.32 Å². The maximum atomic E-state index is 5.25. The lowest BCUT2D eigenvalue weighted by molar-refractivity contribution is 0.240. The van der Waals surface area contributed by atoms with E-state index in [0.717, 1.165) is 31.1 Å². The molecule has 1 aromatic heterocycles. The zero-order chi connectivity index (χ0) is 13.0. The van der Waals surface area contributed by atoms with Crippen LogP contribution in [0.15, 0.2) is 4.52 Å². The molecule has 0 aromatic carbocycles. The Balaban J connectivity index is 1.96. The molecule has 18 heavy (non-hydrogen) atoms. The lowest BCUT2D eigenvalue weighted by atomic mass is 10.1. The molecule has 2 rings (SSSR count). The molecule has 1 aromatic rings. The molecule has 0 aliphatic carbocycles. The van der Waals surface area contributed by atoms with Gasteiger partial charge in [-0.25, -0.2) is 0 Å². The van der Waals surface area contributed by atoms with Crippen molar-refractivity contribution in [2.45, 2.75) is 52.6 Å². The second-order valence-electron chi connectivity index (χ2n) is 5.33. The van der Waals surface area contributed by atoms with Crippen LogP contribution in [0.1, 0.15) is 43.2 Å². The summed E-state index contributed by atoms with van der Waals surface area (Å²) in [6.45, 7) is 10.7. The van der Waals surface area contributed by atoms with E-state index in [1.807, 2.05) is 13.8 Å². The lowest BCUT2D eigenvalue weighted by Crippen LogP contribution is -2.37. The van der Waals surface area contributed by atoms with Gasteiger partial charge in [-0.05, 0) is 46.2 Å². The number of hydrogen-bond acceptors (Lipinski definition) is 4. The fourth-order valence-electron chi connectivity index (χ4n) is 2.73. The number of aromatic nitrogens is 1. The third kappa shape index (κ3) is 3.33. The molecule has 0 spiro atoms. The summed E-state index contributed by atoms with van der Waals surface area (Å²) < 4.78 is 5.25. The molecule has 1 unspecified atom stereocenters. The summed E-state index contributed by atoms with van der Waals surface area (Å²) in [6, 6.07) is 0.664. The van der Waals surface area contributed by atoms with E-state index in [0.29, 0.717) is 6.04 Å². The summed E-state index contributed by atoms with van der Waals surface area (Å²) in [5, 5.41) is 7.62. The third-order valence-corrected chi connectivity index (χ3v) is 3.74. The maximum absolute atomic E-state index is 5.25. The van der Waals surface area contributed by atoms with Gasteiger partial charge in [0.15, 0.2) is 0 Å². The van der Waals surface area contributed by atoms with Crippen LogP contribution in [0.3, 0.4) is 0 Å². The van der Waals surface area contributed by atoms with Crippen LogP contribution in [-0.4, -0.2) is 35.7 Å². The van der Waals surface area contributed by atoms with Gasteiger partial charge in [0.1, 0.15) is 5.76 Å².